The van der Waals surface area contributed by atoms with Gasteiger partial charge in [-0.2, -0.15) is 8.78 Å². The fourth-order valence-corrected chi connectivity index (χ4v) is 2.12. The number of nitrogens with zero attached hydrogens (tertiary/aromatic N) is 5. The van der Waals surface area contributed by atoms with Gasteiger partial charge in [0.1, 0.15) is 18.1 Å². The van der Waals surface area contributed by atoms with Crippen LogP contribution in [0.3, 0.4) is 0 Å². The minimum Gasteiger partial charge on any atom is -0.480 e. The lowest BCUT2D eigenvalue weighted by Gasteiger charge is -2.08. The molecule has 0 amide bonds. The highest BCUT2D eigenvalue weighted by atomic mass is 35.5. The van der Waals surface area contributed by atoms with Gasteiger partial charge in [-0.1, -0.05) is 16.8 Å². The molecule has 0 saturated heterocycles. The van der Waals surface area contributed by atoms with Gasteiger partial charge in [-0.25, -0.2) is 4.68 Å². The Hall–Kier alpha value is -3.01. The molecule has 0 unspecified atom stereocenters. The minimum absolute atomic E-state index is 0.0656. The summed E-state index contributed by atoms with van der Waals surface area (Å²) in [6, 6.07) is 7.57. The highest BCUT2D eigenvalue weighted by Crippen LogP contribution is 2.28. The van der Waals surface area contributed by atoms with Gasteiger partial charge in [0, 0.05) is 18.2 Å². The van der Waals surface area contributed by atoms with Crippen molar-refractivity contribution in [2.75, 3.05) is 7.11 Å². The maximum absolute atomic E-state index is 12.4. The Balaban J connectivity index is 1.69. The number of rotatable bonds is 7. The molecule has 2 heterocycles. The summed E-state index contributed by atoms with van der Waals surface area (Å²) in [6.07, 6.45) is 1.58. The fraction of sp³-hybridized carbons (Fsp3) is 0.200. The van der Waals surface area contributed by atoms with Crippen molar-refractivity contribution in [1.29, 1.82) is 0 Å². The molecule has 136 valence electrons. The van der Waals surface area contributed by atoms with E-state index in [2.05, 4.69) is 25.2 Å². The van der Waals surface area contributed by atoms with Crippen LogP contribution in [0.25, 0.3) is 5.69 Å². The van der Waals surface area contributed by atoms with Gasteiger partial charge in [0.05, 0.1) is 24.0 Å². The maximum Gasteiger partial charge on any atom is 0.387 e. The molecule has 0 radical (unpaired) electrons. The van der Waals surface area contributed by atoms with Crippen molar-refractivity contribution in [1.82, 2.24) is 25.2 Å². The van der Waals surface area contributed by atoms with Gasteiger partial charge in [-0.15, -0.1) is 15.3 Å². The molecule has 0 aliphatic carbocycles. The second-order valence-corrected chi connectivity index (χ2v) is 5.26. The Bertz CT molecular complexity index is 876. The average molecular weight is 384 g/mol. The number of halogens is 3. The third kappa shape index (κ3) is 4.33. The SMILES string of the molecule is COc1ccc(OCc2cn(-c3ccc(Cl)c(OC(F)F)c3)nn2)nn1. The van der Waals surface area contributed by atoms with E-state index in [4.69, 9.17) is 21.1 Å². The van der Waals surface area contributed by atoms with E-state index < -0.39 is 6.61 Å². The smallest absolute Gasteiger partial charge is 0.387 e. The molecule has 0 bridgehead atoms. The van der Waals surface area contributed by atoms with Crippen molar-refractivity contribution < 1.29 is 23.0 Å². The molecule has 0 aliphatic heterocycles. The lowest BCUT2D eigenvalue weighted by atomic mass is 10.3. The maximum atomic E-state index is 12.4. The highest BCUT2D eigenvalue weighted by molar-refractivity contribution is 6.32. The molecule has 3 aromatic rings. The van der Waals surface area contributed by atoms with E-state index in [1.54, 1.807) is 24.4 Å². The second kappa shape index (κ2) is 7.91. The second-order valence-electron chi connectivity index (χ2n) is 4.85. The van der Waals surface area contributed by atoms with E-state index in [1.807, 2.05) is 0 Å². The summed E-state index contributed by atoms with van der Waals surface area (Å²) in [5.41, 5.74) is 0.946. The van der Waals surface area contributed by atoms with Crippen LogP contribution >= 0.6 is 11.6 Å². The molecule has 0 saturated carbocycles. The first kappa shape index (κ1) is 17.8. The first-order valence-electron chi connectivity index (χ1n) is 7.21. The summed E-state index contributed by atoms with van der Waals surface area (Å²) in [7, 11) is 1.48. The van der Waals surface area contributed by atoms with Gasteiger partial charge < -0.3 is 14.2 Å². The van der Waals surface area contributed by atoms with Gasteiger partial charge in [0.25, 0.3) is 0 Å². The molecule has 0 fully saturated rings. The number of ether oxygens (including phenoxy) is 3. The van der Waals surface area contributed by atoms with Gasteiger partial charge in [0.15, 0.2) is 0 Å². The number of benzene rings is 1. The van der Waals surface area contributed by atoms with Crippen LogP contribution in [0.2, 0.25) is 5.02 Å². The van der Waals surface area contributed by atoms with E-state index in [0.717, 1.165) is 0 Å². The van der Waals surface area contributed by atoms with Gasteiger partial charge in [0.2, 0.25) is 11.8 Å². The lowest BCUT2D eigenvalue weighted by Crippen LogP contribution is -2.03. The van der Waals surface area contributed by atoms with Crippen LogP contribution in [0, 0.1) is 0 Å². The van der Waals surface area contributed by atoms with Crippen molar-refractivity contribution in [3.63, 3.8) is 0 Å². The van der Waals surface area contributed by atoms with Gasteiger partial charge >= 0.3 is 6.61 Å². The molecule has 0 atom stereocenters. The van der Waals surface area contributed by atoms with Crippen LogP contribution < -0.4 is 14.2 Å². The number of hydrogen-bond donors (Lipinski definition) is 0. The monoisotopic (exact) mass is 383 g/mol. The van der Waals surface area contributed by atoms with Gasteiger partial charge in [-0.3, -0.25) is 0 Å². The highest BCUT2D eigenvalue weighted by Gasteiger charge is 2.11. The number of methoxy groups -OCH3 is 1. The van der Waals surface area contributed by atoms with Crippen LogP contribution in [0.15, 0.2) is 36.5 Å². The summed E-state index contributed by atoms with van der Waals surface area (Å²) in [5, 5.41) is 15.5. The summed E-state index contributed by atoms with van der Waals surface area (Å²) in [4.78, 5) is 0. The summed E-state index contributed by atoms with van der Waals surface area (Å²) >= 11 is 5.83. The average Bonchev–Trinajstić information content (AvgIpc) is 3.11. The molecule has 0 N–H and O–H groups in total. The van der Waals surface area contributed by atoms with Crippen LogP contribution in [0.5, 0.6) is 17.5 Å². The predicted octanol–water partition coefficient (Wildman–Crippen LogP) is 2.90. The quantitative estimate of drug-likeness (QED) is 0.620. The zero-order chi connectivity index (χ0) is 18.5. The van der Waals surface area contributed by atoms with E-state index in [9.17, 15) is 8.78 Å². The first-order chi connectivity index (χ1) is 12.5. The van der Waals surface area contributed by atoms with Gasteiger partial charge in [-0.05, 0) is 12.1 Å². The molecule has 2 aromatic heterocycles. The Kier molecular flexibility index (Phi) is 5.42. The van der Waals surface area contributed by atoms with Crippen molar-refractivity contribution in [2.24, 2.45) is 0 Å². The number of aromatic nitrogens is 5. The van der Waals surface area contributed by atoms with Crippen molar-refractivity contribution in [3.8, 4) is 23.2 Å². The Labute approximate surface area is 151 Å². The van der Waals surface area contributed by atoms with Crippen LogP contribution in [-0.2, 0) is 6.61 Å². The lowest BCUT2D eigenvalue weighted by molar-refractivity contribution is -0.0497. The normalized spacial score (nSPS) is 10.8. The Morgan fingerprint density at radius 2 is 1.88 bits per heavy atom. The summed E-state index contributed by atoms with van der Waals surface area (Å²) in [6.45, 7) is -2.89. The Morgan fingerprint density at radius 1 is 1.12 bits per heavy atom. The largest absolute Gasteiger partial charge is 0.480 e. The molecule has 26 heavy (non-hydrogen) atoms. The molecular formula is C15H12ClF2N5O3. The number of alkyl halides is 2. The molecule has 1 aromatic carbocycles. The predicted molar refractivity (Wildman–Crippen MR) is 85.9 cm³/mol. The van der Waals surface area contributed by atoms with Crippen molar-refractivity contribution >= 4 is 11.6 Å². The molecule has 3 rings (SSSR count). The first-order valence-corrected chi connectivity index (χ1v) is 7.59. The Morgan fingerprint density at radius 3 is 2.58 bits per heavy atom. The van der Waals surface area contributed by atoms with Crippen LogP contribution in [0.1, 0.15) is 5.69 Å². The van der Waals surface area contributed by atoms with Crippen LogP contribution in [-0.4, -0.2) is 38.9 Å². The third-order valence-corrected chi connectivity index (χ3v) is 3.44. The fourth-order valence-electron chi connectivity index (χ4n) is 1.95. The van der Waals surface area contributed by atoms with E-state index in [0.29, 0.717) is 23.1 Å². The summed E-state index contributed by atoms with van der Waals surface area (Å²) < 4.78 is 40.9. The number of hydrogen-bond acceptors (Lipinski definition) is 7. The zero-order valence-electron chi connectivity index (χ0n) is 13.3. The standard InChI is InChI=1S/C15H12ClF2N5O3/c1-24-13-4-5-14(21-20-13)25-8-9-7-23(22-19-9)10-2-3-11(16)12(6-10)26-15(17)18/h2-7,15H,8H2,1H3. The van der Waals surface area contributed by atoms with E-state index in [-0.39, 0.29) is 17.4 Å². The molecule has 11 heteroatoms. The third-order valence-electron chi connectivity index (χ3n) is 3.13. The molecule has 0 aliphatic rings. The van der Waals surface area contributed by atoms with Crippen molar-refractivity contribution in [3.05, 3.63) is 47.2 Å². The topological polar surface area (TPSA) is 84.2 Å². The zero-order valence-corrected chi connectivity index (χ0v) is 14.1. The molecule has 0 spiro atoms. The minimum atomic E-state index is -2.98. The van der Waals surface area contributed by atoms with E-state index in [1.165, 1.54) is 23.9 Å². The van der Waals surface area contributed by atoms with Crippen molar-refractivity contribution in [2.45, 2.75) is 13.2 Å². The molecular weight excluding hydrogens is 372 g/mol. The summed E-state index contributed by atoms with van der Waals surface area (Å²) in [5.74, 6) is 0.508. The van der Waals surface area contributed by atoms with E-state index >= 15 is 0 Å². The molecule has 8 nitrogen and oxygen atoms in total. The van der Waals surface area contributed by atoms with Crippen LogP contribution in [0.4, 0.5) is 8.78 Å².